The van der Waals surface area contributed by atoms with Crippen LogP contribution in [0.4, 0.5) is 13.2 Å². The largest absolute Gasteiger partial charge is 0.463 e. The number of rotatable bonds is 5. The van der Waals surface area contributed by atoms with Gasteiger partial charge in [-0.2, -0.15) is 13.2 Å². The molecule has 2 heterocycles. The van der Waals surface area contributed by atoms with E-state index in [1.807, 2.05) is 31.7 Å². The Hall–Kier alpha value is -2.96. The van der Waals surface area contributed by atoms with Gasteiger partial charge in [-0.05, 0) is 52.0 Å². The summed E-state index contributed by atoms with van der Waals surface area (Å²) in [5.74, 6) is -0.517. The third-order valence-electron chi connectivity index (χ3n) is 5.18. The van der Waals surface area contributed by atoms with Gasteiger partial charge in [0.15, 0.2) is 0 Å². The summed E-state index contributed by atoms with van der Waals surface area (Å²) in [6, 6.07) is 8.39. The second-order valence-corrected chi connectivity index (χ2v) is 6.99. The molecule has 0 bridgehead atoms. The number of ether oxygens (including phenoxy) is 1. The first-order valence-electron chi connectivity index (χ1n) is 9.79. The molecule has 30 heavy (non-hydrogen) atoms. The van der Waals surface area contributed by atoms with E-state index < -0.39 is 23.6 Å². The van der Waals surface area contributed by atoms with Crippen molar-refractivity contribution in [2.45, 2.75) is 39.8 Å². The van der Waals surface area contributed by atoms with E-state index in [0.717, 1.165) is 17.5 Å². The van der Waals surface area contributed by atoms with E-state index >= 15 is 0 Å². The molecule has 0 saturated carbocycles. The molecule has 0 fully saturated rings. The van der Waals surface area contributed by atoms with Gasteiger partial charge in [0, 0.05) is 23.5 Å². The lowest BCUT2D eigenvalue weighted by molar-refractivity contribution is -0.139. The summed E-state index contributed by atoms with van der Waals surface area (Å²) in [6.45, 7) is 8.35. The zero-order chi connectivity index (χ0) is 22.1. The van der Waals surface area contributed by atoms with E-state index in [0.29, 0.717) is 17.9 Å². The minimum Gasteiger partial charge on any atom is -0.463 e. The predicted molar refractivity (Wildman–Crippen MR) is 107 cm³/mol. The van der Waals surface area contributed by atoms with Crippen LogP contribution >= 0.6 is 0 Å². The fraction of sp³-hybridized carbons (Fsp3) is 0.348. The van der Waals surface area contributed by atoms with Crippen LogP contribution in [-0.4, -0.2) is 24.0 Å². The van der Waals surface area contributed by atoms with Crippen molar-refractivity contribution in [3.8, 4) is 11.3 Å². The van der Waals surface area contributed by atoms with Crippen LogP contribution in [0.2, 0.25) is 0 Å². The molecule has 0 radical (unpaired) electrons. The van der Waals surface area contributed by atoms with Crippen molar-refractivity contribution >= 4 is 5.97 Å². The van der Waals surface area contributed by atoms with E-state index in [1.54, 1.807) is 13.0 Å². The molecular formula is C23H24F3NO3. The first kappa shape index (κ1) is 21.7. The van der Waals surface area contributed by atoms with Crippen LogP contribution in [0.1, 0.15) is 44.9 Å². The van der Waals surface area contributed by atoms with E-state index in [9.17, 15) is 18.0 Å². The Morgan fingerprint density at radius 1 is 1.13 bits per heavy atom. The number of benzene rings is 1. The van der Waals surface area contributed by atoms with Gasteiger partial charge in [0.05, 0.1) is 23.7 Å². The molecule has 0 amide bonds. The summed E-state index contributed by atoms with van der Waals surface area (Å²) in [4.78, 5) is 14.7. The van der Waals surface area contributed by atoms with Crippen LogP contribution in [0.3, 0.4) is 0 Å². The highest BCUT2D eigenvalue weighted by Gasteiger charge is 2.36. The molecule has 0 N–H and O–H groups in total. The van der Waals surface area contributed by atoms with Crippen LogP contribution in [0.15, 0.2) is 63.9 Å². The van der Waals surface area contributed by atoms with Gasteiger partial charge in [-0.15, -0.1) is 0 Å². The number of halogens is 3. The Kier molecular flexibility index (Phi) is 6.10. The van der Waals surface area contributed by atoms with E-state index in [1.165, 1.54) is 24.3 Å². The molecule has 3 rings (SSSR count). The van der Waals surface area contributed by atoms with Gasteiger partial charge in [-0.1, -0.05) is 18.2 Å². The monoisotopic (exact) mass is 419 g/mol. The molecular weight excluding hydrogens is 395 g/mol. The molecule has 1 aliphatic heterocycles. The Balaban J connectivity index is 2.08. The van der Waals surface area contributed by atoms with Gasteiger partial charge >= 0.3 is 12.1 Å². The van der Waals surface area contributed by atoms with Gasteiger partial charge in [0.25, 0.3) is 0 Å². The predicted octanol–water partition coefficient (Wildman–Crippen LogP) is 6.13. The fourth-order valence-corrected chi connectivity index (χ4v) is 3.85. The Morgan fingerprint density at radius 3 is 2.47 bits per heavy atom. The molecule has 1 aromatic carbocycles. The molecule has 0 spiro atoms. The van der Waals surface area contributed by atoms with Crippen molar-refractivity contribution in [3.63, 3.8) is 0 Å². The van der Waals surface area contributed by atoms with Gasteiger partial charge in [0.2, 0.25) is 0 Å². The molecule has 160 valence electrons. The maximum absolute atomic E-state index is 13.4. The van der Waals surface area contributed by atoms with E-state index in [-0.39, 0.29) is 17.9 Å². The maximum atomic E-state index is 13.4. The second kappa shape index (κ2) is 8.42. The van der Waals surface area contributed by atoms with Crippen LogP contribution in [0, 0.1) is 0 Å². The zero-order valence-electron chi connectivity index (χ0n) is 17.3. The van der Waals surface area contributed by atoms with Crippen molar-refractivity contribution in [1.82, 2.24) is 4.90 Å². The second-order valence-electron chi connectivity index (χ2n) is 6.99. The molecule has 2 aromatic rings. The molecule has 1 aromatic heterocycles. The summed E-state index contributed by atoms with van der Waals surface area (Å²) in [7, 11) is 0. The van der Waals surface area contributed by atoms with Gasteiger partial charge in [0.1, 0.15) is 11.5 Å². The number of carbonyl (C=O) groups excluding carboxylic acids is 1. The van der Waals surface area contributed by atoms with Crippen molar-refractivity contribution in [3.05, 3.63) is 70.8 Å². The van der Waals surface area contributed by atoms with Crippen molar-refractivity contribution in [1.29, 1.82) is 0 Å². The minimum absolute atomic E-state index is 0.0404. The molecule has 1 atom stereocenters. The standard InChI is InChI=1S/C23H24F3NO3/c1-5-27-14(3)13-17(21(15(27)4)22(28)29-6-2)20-12-11-19(30-20)16-9-7-8-10-18(16)23(24,25)26/h7-13,17H,5-6H2,1-4H3. The van der Waals surface area contributed by atoms with Gasteiger partial charge in [-0.3, -0.25) is 0 Å². The topological polar surface area (TPSA) is 42.7 Å². The van der Waals surface area contributed by atoms with E-state index in [4.69, 9.17) is 9.15 Å². The van der Waals surface area contributed by atoms with Crippen LogP contribution in [0.5, 0.6) is 0 Å². The lowest BCUT2D eigenvalue weighted by Gasteiger charge is -2.33. The van der Waals surface area contributed by atoms with Crippen molar-refractivity contribution in [2.75, 3.05) is 13.2 Å². The van der Waals surface area contributed by atoms with E-state index in [2.05, 4.69) is 0 Å². The highest BCUT2D eigenvalue weighted by Crippen LogP contribution is 2.41. The quantitative estimate of drug-likeness (QED) is 0.547. The summed E-state index contributed by atoms with van der Waals surface area (Å²) in [5, 5.41) is 0. The Bertz CT molecular complexity index is 1000. The average Bonchev–Trinajstić information content (AvgIpc) is 3.17. The lowest BCUT2D eigenvalue weighted by Crippen LogP contribution is -2.29. The third kappa shape index (κ3) is 4.01. The average molecular weight is 419 g/mol. The lowest BCUT2D eigenvalue weighted by atomic mass is 9.90. The number of allylic oxidation sites excluding steroid dienone is 3. The zero-order valence-corrected chi connectivity index (χ0v) is 17.3. The molecule has 4 nitrogen and oxygen atoms in total. The third-order valence-corrected chi connectivity index (χ3v) is 5.18. The summed E-state index contributed by atoms with van der Waals surface area (Å²) < 4.78 is 51.3. The minimum atomic E-state index is -4.50. The molecule has 1 aliphatic rings. The number of hydrogen-bond acceptors (Lipinski definition) is 4. The first-order valence-corrected chi connectivity index (χ1v) is 9.79. The number of esters is 1. The number of carbonyl (C=O) groups is 1. The summed E-state index contributed by atoms with van der Waals surface area (Å²) >= 11 is 0. The molecule has 0 aliphatic carbocycles. The SMILES string of the molecule is CCOC(=O)C1=C(C)N(CC)C(C)=CC1c1ccc(-c2ccccc2C(F)(F)F)o1. The number of furan rings is 1. The van der Waals surface area contributed by atoms with Gasteiger partial charge in [-0.25, -0.2) is 4.79 Å². The highest BCUT2D eigenvalue weighted by atomic mass is 19.4. The number of nitrogens with zero attached hydrogens (tertiary/aromatic N) is 1. The van der Waals surface area contributed by atoms with Crippen LogP contribution in [0.25, 0.3) is 11.3 Å². The van der Waals surface area contributed by atoms with Crippen LogP contribution < -0.4 is 0 Å². The Labute approximate surface area is 173 Å². The first-order chi connectivity index (χ1) is 14.2. The number of alkyl halides is 3. The van der Waals surface area contributed by atoms with Crippen molar-refractivity contribution in [2.24, 2.45) is 0 Å². The smallest absolute Gasteiger partial charge is 0.417 e. The maximum Gasteiger partial charge on any atom is 0.417 e. The molecule has 7 heteroatoms. The fourth-order valence-electron chi connectivity index (χ4n) is 3.85. The number of hydrogen-bond donors (Lipinski definition) is 0. The summed E-state index contributed by atoms with van der Waals surface area (Å²) in [5.41, 5.74) is 1.29. The van der Waals surface area contributed by atoms with Gasteiger partial charge < -0.3 is 14.1 Å². The highest BCUT2D eigenvalue weighted by molar-refractivity contribution is 5.92. The summed E-state index contributed by atoms with van der Waals surface area (Å²) in [6.07, 6.45) is -2.62. The normalized spacial score (nSPS) is 17.2. The van der Waals surface area contributed by atoms with Crippen LogP contribution in [-0.2, 0) is 15.7 Å². The molecule has 0 saturated heterocycles. The van der Waals surface area contributed by atoms with Crippen molar-refractivity contribution < 1.29 is 27.1 Å². The molecule has 1 unspecified atom stereocenters. The Morgan fingerprint density at radius 2 is 1.83 bits per heavy atom.